The SMILES string of the molecule is CC(C)Cn1c(O)c(C(=O)NC2CC2)c(=O)n2ncc(C=CC(=O)N3CCN(C4CC(F)(F)C4)CC3C)c12. The number of nitrogens with one attached hydrogen (secondary N) is 1. The Kier molecular flexibility index (Phi) is 6.79. The first-order valence-electron chi connectivity index (χ1n) is 13.2. The van der Waals surface area contributed by atoms with Crippen LogP contribution in [0.4, 0.5) is 8.78 Å². The maximum Gasteiger partial charge on any atom is 0.291 e. The minimum Gasteiger partial charge on any atom is -0.494 e. The summed E-state index contributed by atoms with van der Waals surface area (Å²) in [6.45, 7) is 7.60. The summed E-state index contributed by atoms with van der Waals surface area (Å²) in [6, 6.07) is -0.271. The molecule has 2 N–H and O–H groups in total. The molecule has 5 rings (SSSR count). The molecular formula is C26H34F2N6O4. The Morgan fingerprint density at radius 1 is 1.26 bits per heavy atom. The number of fused-ring (bicyclic) bond motifs is 1. The van der Waals surface area contributed by atoms with Crippen molar-refractivity contribution < 1.29 is 23.5 Å². The van der Waals surface area contributed by atoms with E-state index in [1.165, 1.54) is 16.8 Å². The van der Waals surface area contributed by atoms with Gasteiger partial charge in [0.05, 0.1) is 6.20 Å². The highest BCUT2D eigenvalue weighted by Gasteiger charge is 2.48. The number of nitrogens with zero attached hydrogens (tertiary/aromatic N) is 5. The van der Waals surface area contributed by atoms with Gasteiger partial charge < -0.3 is 15.3 Å². The molecule has 3 fully saturated rings. The molecule has 0 bridgehead atoms. The zero-order valence-corrected chi connectivity index (χ0v) is 21.9. The minimum atomic E-state index is -2.58. The number of carbonyl (C=O) groups is 2. The third-order valence-corrected chi connectivity index (χ3v) is 7.53. The third-order valence-electron chi connectivity index (χ3n) is 7.53. The lowest BCUT2D eigenvalue weighted by Gasteiger charge is -2.48. The second-order valence-electron chi connectivity index (χ2n) is 11.2. The van der Waals surface area contributed by atoms with Gasteiger partial charge in [-0.15, -0.1) is 0 Å². The molecule has 1 atom stereocenters. The number of carbonyl (C=O) groups excluding carboxylic acids is 2. The van der Waals surface area contributed by atoms with E-state index >= 15 is 0 Å². The first-order chi connectivity index (χ1) is 17.9. The van der Waals surface area contributed by atoms with E-state index in [2.05, 4.69) is 10.4 Å². The fourth-order valence-corrected chi connectivity index (χ4v) is 5.34. The third kappa shape index (κ3) is 5.05. The molecule has 2 saturated carbocycles. The van der Waals surface area contributed by atoms with Gasteiger partial charge in [-0.05, 0) is 31.8 Å². The molecule has 2 aromatic heterocycles. The Balaban J connectivity index is 1.38. The van der Waals surface area contributed by atoms with Crippen LogP contribution in [-0.2, 0) is 11.3 Å². The summed E-state index contributed by atoms with van der Waals surface area (Å²) < 4.78 is 29.2. The molecule has 38 heavy (non-hydrogen) atoms. The van der Waals surface area contributed by atoms with E-state index in [-0.39, 0.29) is 54.0 Å². The number of amides is 2. The molecule has 206 valence electrons. The summed E-state index contributed by atoms with van der Waals surface area (Å²) >= 11 is 0. The van der Waals surface area contributed by atoms with E-state index in [1.807, 2.05) is 25.7 Å². The molecular weight excluding hydrogens is 498 g/mol. The van der Waals surface area contributed by atoms with E-state index < -0.39 is 23.3 Å². The number of aromatic nitrogens is 3. The Morgan fingerprint density at radius 2 is 1.97 bits per heavy atom. The molecule has 0 aromatic carbocycles. The van der Waals surface area contributed by atoms with Crippen molar-refractivity contribution in [3.8, 4) is 5.88 Å². The van der Waals surface area contributed by atoms with E-state index in [0.29, 0.717) is 31.7 Å². The van der Waals surface area contributed by atoms with Crippen molar-refractivity contribution in [2.45, 2.75) is 77.0 Å². The Labute approximate surface area is 218 Å². The van der Waals surface area contributed by atoms with Gasteiger partial charge in [0.25, 0.3) is 17.4 Å². The number of alkyl halides is 2. The Bertz CT molecular complexity index is 1340. The van der Waals surface area contributed by atoms with Crippen LogP contribution in [0.5, 0.6) is 5.88 Å². The van der Waals surface area contributed by atoms with Crippen molar-refractivity contribution in [2.75, 3.05) is 19.6 Å². The molecule has 1 aliphatic heterocycles. The highest BCUT2D eigenvalue weighted by Crippen LogP contribution is 2.41. The van der Waals surface area contributed by atoms with Gasteiger partial charge in [0.1, 0.15) is 5.65 Å². The number of aromatic hydroxyl groups is 1. The summed E-state index contributed by atoms with van der Waals surface area (Å²) in [5.41, 5.74) is -0.343. The predicted molar refractivity (Wildman–Crippen MR) is 136 cm³/mol. The van der Waals surface area contributed by atoms with Crippen LogP contribution in [0.1, 0.15) is 62.4 Å². The van der Waals surface area contributed by atoms with Gasteiger partial charge in [-0.25, -0.2) is 8.78 Å². The first-order valence-corrected chi connectivity index (χ1v) is 13.2. The highest BCUT2D eigenvalue weighted by atomic mass is 19.3. The van der Waals surface area contributed by atoms with Gasteiger partial charge in [-0.1, -0.05) is 13.8 Å². The van der Waals surface area contributed by atoms with Gasteiger partial charge in [-0.2, -0.15) is 9.61 Å². The largest absolute Gasteiger partial charge is 0.494 e. The number of piperazine rings is 1. The van der Waals surface area contributed by atoms with Gasteiger partial charge in [-0.3, -0.25) is 23.9 Å². The fourth-order valence-electron chi connectivity index (χ4n) is 5.34. The molecule has 3 heterocycles. The average molecular weight is 533 g/mol. The molecule has 1 saturated heterocycles. The number of rotatable bonds is 7. The fraction of sp³-hybridized carbons (Fsp3) is 0.615. The normalized spacial score (nSPS) is 22.4. The van der Waals surface area contributed by atoms with E-state index in [0.717, 1.165) is 17.4 Å². The molecule has 3 aliphatic rings. The zero-order chi connectivity index (χ0) is 27.4. The molecule has 10 nitrogen and oxygen atoms in total. The summed E-state index contributed by atoms with van der Waals surface area (Å²) in [5.74, 6) is -3.80. The molecule has 1 unspecified atom stereocenters. The standard InChI is InChI=1S/C26H34F2N6O4/c1-15(2)13-33-23-17(12-29-34(23)25(38)21(24(33)37)22(36)30-18-5-6-18)4-7-20(35)32-9-8-31(14-16(32)3)19-10-26(27,28)11-19/h4,7,12,15-16,18-19,37H,5-6,8-11,13-14H2,1-3H3,(H,30,36). The van der Waals surface area contributed by atoms with Crippen molar-refractivity contribution in [1.29, 1.82) is 0 Å². The highest BCUT2D eigenvalue weighted by molar-refractivity contribution is 5.97. The quantitative estimate of drug-likeness (QED) is 0.529. The van der Waals surface area contributed by atoms with Crippen molar-refractivity contribution >= 4 is 23.5 Å². The summed E-state index contributed by atoms with van der Waals surface area (Å²) in [7, 11) is 0. The molecule has 0 spiro atoms. The van der Waals surface area contributed by atoms with Crippen molar-refractivity contribution in [3.63, 3.8) is 0 Å². The van der Waals surface area contributed by atoms with Crippen LogP contribution in [0.25, 0.3) is 11.7 Å². The Hall–Kier alpha value is -3.28. The minimum absolute atomic E-state index is 0.0107. The van der Waals surface area contributed by atoms with Gasteiger partial charge in [0.2, 0.25) is 11.8 Å². The summed E-state index contributed by atoms with van der Waals surface area (Å²) in [4.78, 5) is 42.7. The molecule has 0 radical (unpaired) electrons. The summed E-state index contributed by atoms with van der Waals surface area (Å²) in [5, 5.41) is 17.9. The van der Waals surface area contributed by atoms with Crippen molar-refractivity contribution in [3.05, 3.63) is 33.8 Å². The maximum absolute atomic E-state index is 13.3. The molecule has 2 aromatic rings. The van der Waals surface area contributed by atoms with E-state index in [1.54, 1.807) is 11.0 Å². The molecule has 2 aliphatic carbocycles. The maximum atomic E-state index is 13.3. The van der Waals surface area contributed by atoms with Gasteiger partial charge in [0.15, 0.2) is 5.56 Å². The van der Waals surface area contributed by atoms with E-state index in [9.17, 15) is 28.3 Å². The zero-order valence-electron chi connectivity index (χ0n) is 21.9. The van der Waals surface area contributed by atoms with Crippen LogP contribution in [0.15, 0.2) is 17.1 Å². The summed E-state index contributed by atoms with van der Waals surface area (Å²) in [6.07, 6.45) is 5.80. The predicted octanol–water partition coefficient (Wildman–Crippen LogP) is 2.09. The molecule has 2 amide bonds. The lowest BCUT2D eigenvalue weighted by atomic mass is 9.86. The number of hydrogen-bond acceptors (Lipinski definition) is 6. The smallest absolute Gasteiger partial charge is 0.291 e. The van der Waals surface area contributed by atoms with Gasteiger partial charge >= 0.3 is 0 Å². The Morgan fingerprint density at radius 3 is 2.58 bits per heavy atom. The second kappa shape index (κ2) is 9.79. The van der Waals surface area contributed by atoms with Crippen molar-refractivity contribution in [2.24, 2.45) is 5.92 Å². The lowest BCUT2D eigenvalue weighted by Crippen LogP contribution is -2.60. The van der Waals surface area contributed by atoms with Gasteiger partial charge in [0, 0.05) is 68.8 Å². The average Bonchev–Trinajstić information content (AvgIpc) is 3.53. The van der Waals surface area contributed by atoms with Crippen LogP contribution < -0.4 is 10.9 Å². The number of halogens is 2. The lowest BCUT2D eigenvalue weighted by molar-refractivity contribution is -0.143. The van der Waals surface area contributed by atoms with Crippen molar-refractivity contribution in [1.82, 2.24) is 29.3 Å². The monoisotopic (exact) mass is 532 g/mol. The molecule has 12 heteroatoms. The van der Waals surface area contributed by atoms with Crippen LogP contribution in [-0.4, -0.2) is 84.6 Å². The van der Waals surface area contributed by atoms with Crippen LogP contribution in [0, 0.1) is 5.92 Å². The number of hydrogen-bond donors (Lipinski definition) is 2. The van der Waals surface area contributed by atoms with Crippen LogP contribution in [0.3, 0.4) is 0 Å². The van der Waals surface area contributed by atoms with Crippen LogP contribution in [0.2, 0.25) is 0 Å². The second-order valence-corrected chi connectivity index (χ2v) is 11.2. The first kappa shape index (κ1) is 26.3. The topological polar surface area (TPSA) is 112 Å². The van der Waals surface area contributed by atoms with Crippen LogP contribution >= 0.6 is 0 Å². The van der Waals surface area contributed by atoms with E-state index in [4.69, 9.17) is 0 Å².